The van der Waals surface area contributed by atoms with Gasteiger partial charge in [0.05, 0.1) is 6.54 Å². The lowest BCUT2D eigenvalue weighted by molar-refractivity contribution is 0.0656. The van der Waals surface area contributed by atoms with Crippen LogP contribution in [0, 0.1) is 0 Å². The molecule has 1 N–H and O–H groups in total. The van der Waals surface area contributed by atoms with Gasteiger partial charge in [-0.2, -0.15) is 0 Å². The third-order valence-corrected chi connectivity index (χ3v) is 2.98. The quantitative estimate of drug-likeness (QED) is 0.823. The highest BCUT2D eigenvalue weighted by atomic mass is 16.4. The second kappa shape index (κ2) is 4.06. The van der Waals surface area contributed by atoms with Crippen LogP contribution >= 0.6 is 0 Å². The largest absolute Gasteiger partial charge is 0.475 e. The molecule has 0 aromatic carbocycles. The highest BCUT2D eigenvalue weighted by Crippen LogP contribution is 2.25. The van der Waals surface area contributed by atoms with Crippen molar-refractivity contribution in [3.05, 3.63) is 23.7 Å². The first-order valence-corrected chi connectivity index (χ1v) is 5.19. The standard InChI is InChI=1S/C11H15NO3/c1-12(8-3-2-4-8)7-9-5-6-10(15-9)11(13)14/h5-6,8H,2-4,7H2,1H3,(H,13,14). The van der Waals surface area contributed by atoms with Gasteiger partial charge >= 0.3 is 5.97 Å². The van der Waals surface area contributed by atoms with Crippen molar-refractivity contribution in [3.63, 3.8) is 0 Å². The molecule has 0 saturated heterocycles. The van der Waals surface area contributed by atoms with E-state index in [1.165, 1.54) is 25.3 Å². The molecule has 0 atom stereocenters. The summed E-state index contributed by atoms with van der Waals surface area (Å²) in [6, 6.07) is 3.88. The maximum atomic E-state index is 10.6. The van der Waals surface area contributed by atoms with E-state index in [0.29, 0.717) is 12.6 Å². The Morgan fingerprint density at radius 3 is 2.80 bits per heavy atom. The smallest absolute Gasteiger partial charge is 0.371 e. The lowest BCUT2D eigenvalue weighted by Crippen LogP contribution is -2.36. The fourth-order valence-electron chi connectivity index (χ4n) is 1.78. The van der Waals surface area contributed by atoms with Crippen molar-refractivity contribution in [1.29, 1.82) is 0 Å². The highest BCUT2D eigenvalue weighted by Gasteiger charge is 2.22. The predicted molar refractivity (Wildman–Crippen MR) is 54.8 cm³/mol. The molecule has 4 nitrogen and oxygen atoms in total. The molecule has 82 valence electrons. The van der Waals surface area contributed by atoms with Crippen LogP contribution in [0.4, 0.5) is 0 Å². The number of carboxylic acid groups (broad SMARTS) is 1. The predicted octanol–water partition coefficient (Wildman–Crippen LogP) is 1.96. The van der Waals surface area contributed by atoms with Crippen LogP contribution in [0.3, 0.4) is 0 Å². The Hall–Kier alpha value is -1.29. The minimum Gasteiger partial charge on any atom is -0.475 e. The van der Waals surface area contributed by atoms with E-state index in [4.69, 9.17) is 9.52 Å². The summed E-state index contributed by atoms with van der Waals surface area (Å²) in [5.41, 5.74) is 0. The van der Waals surface area contributed by atoms with E-state index in [9.17, 15) is 4.79 Å². The van der Waals surface area contributed by atoms with Gasteiger partial charge in [-0.3, -0.25) is 4.90 Å². The van der Waals surface area contributed by atoms with Crippen LogP contribution in [0.2, 0.25) is 0 Å². The van der Waals surface area contributed by atoms with Crippen molar-refractivity contribution in [1.82, 2.24) is 4.90 Å². The van der Waals surface area contributed by atoms with Crippen LogP contribution in [0.5, 0.6) is 0 Å². The Kier molecular flexibility index (Phi) is 2.77. The molecule has 1 saturated carbocycles. The Morgan fingerprint density at radius 1 is 1.60 bits per heavy atom. The van der Waals surface area contributed by atoms with Crippen LogP contribution in [0.1, 0.15) is 35.6 Å². The third kappa shape index (κ3) is 2.21. The van der Waals surface area contributed by atoms with Crippen LogP contribution in [-0.2, 0) is 6.54 Å². The van der Waals surface area contributed by atoms with Gasteiger partial charge in [0.1, 0.15) is 5.76 Å². The lowest BCUT2D eigenvalue weighted by atomic mass is 9.92. The topological polar surface area (TPSA) is 53.7 Å². The molecular formula is C11H15NO3. The zero-order chi connectivity index (χ0) is 10.8. The third-order valence-electron chi connectivity index (χ3n) is 2.98. The Morgan fingerprint density at radius 2 is 2.33 bits per heavy atom. The number of carboxylic acids is 1. The molecule has 0 amide bonds. The minimum absolute atomic E-state index is 0.0204. The van der Waals surface area contributed by atoms with Crippen LogP contribution in [0.25, 0.3) is 0 Å². The average Bonchev–Trinajstić information content (AvgIpc) is 2.48. The molecule has 0 unspecified atom stereocenters. The SMILES string of the molecule is CN(Cc1ccc(C(=O)O)o1)C1CCC1. The molecule has 4 heteroatoms. The van der Waals surface area contributed by atoms with Gasteiger partial charge in [-0.25, -0.2) is 4.79 Å². The summed E-state index contributed by atoms with van der Waals surface area (Å²) in [6.45, 7) is 0.692. The van der Waals surface area contributed by atoms with E-state index in [1.54, 1.807) is 6.07 Å². The van der Waals surface area contributed by atoms with Gasteiger partial charge in [0.25, 0.3) is 0 Å². The summed E-state index contributed by atoms with van der Waals surface area (Å²) in [7, 11) is 2.05. The molecule has 1 fully saturated rings. The number of furan rings is 1. The van der Waals surface area contributed by atoms with Crippen molar-refractivity contribution < 1.29 is 14.3 Å². The monoisotopic (exact) mass is 209 g/mol. The molecule has 1 aromatic heterocycles. The molecule has 0 spiro atoms. The number of rotatable bonds is 4. The molecule has 15 heavy (non-hydrogen) atoms. The molecule has 0 bridgehead atoms. The summed E-state index contributed by atoms with van der Waals surface area (Å²) in [6.07, 6.45) is 3.78. The summed E-state index contributed by atoms with van der Waals surface area (Å²) in [5, 5.41) is 8.69. The summed E-state index contributed by atoms with van der Waals surface area (Å²) >= 11 is 0. The second-order valence-corrected chi connectivity index (χ2v) is 4.07. The maximum absolute atomic E-state index is 10.6. The van der Waals surface area contributed by atoms with E-state index < -0.39 is 5.97 Å². The Balaban J connectivity index is 1.94. The lowest BCUT2D eigenvalue weighted by Gasteiger charge is -2.34. The number of nitrogens with zero attached hydrogens (tertiary/aromatic N) is 1. The molecule has 0 radical (unpaired) electrons. The van der Waals surface area contributed by atoms with Crippen molar-refractivity contribution in [2.45, 2.75) is 31.8 Å². The van der Waals surface area contributed by atoms with Gasteiger partial charge in [-0.05, 0) is 32.0 Å². The van der Waals surface area contributed by atoms with Gasteiger partial charge in [-0.1, -0.05) is 6.42 Å². The van der Waals surface area contributed by atoms with Gasteiger partial charge in [-0.15, -0.1) is 0 Å². The first-order valence-electron chi connectivity index (χ1n) is 5.19. The molecule has 1 aliphatic rings. The van der Waals surface area contributed by atoms with Crippen LogP contribution in [0.15, 0.2) is 16.5 Å². The van der Waals surface area contributed by atoms with Gasteiger partial charge in [0.2, 0.25) is 5.76 Å². The number of hydrogen-bond donors (Lipinski definition) is 1. The second-order valence-electron chi connectivity index (χ2n) is 4.07. The van der Waals surface area contributed by atoms with E-state index in [1.807, 2.05) is 7.05 Å². The Labute approximate surface area is 88.5 Å². The molecule has 1 heterocycles. The highest BCUT2D eigenvalue weighted by molar-refractivity contribution is 5.84. The van der Waals surface area contributed by atoms with Gasteiger partial charge in [0.15, 0.2) is 0 Å². The zero-order valence-corrected chi connectivity index (χ0v) is 8.77. The maximum Gasteiger partial charge on any atom is 0.371 e. The van der Waals surface area contributed by atoms with E-state index in [0.717, 1.165) is 5.76 Å². The summed E-state index contributed by atoms with van der Waals surface area (Å²) in [5.74, 6) is -0.263. The zero-order valence-electron chi connectivity index (χ0n) is 8.77. The van der Waals surface area contributed by atoms with E-state index >= 15 is 0 Å². The normalized spacial score (nSPS) is 16.7. The van der Waals surface area contributed by atoms with E-state index in [-0.39, 0.29) is 5.76 Å². The van der Waals surface area contributed by atoms with Crippen molar-refractivity contribution >= 4 is 5.97 Å². The average molecular weight is 209 g/mol. The molecule has 1 aromatic rings. The summed E-state index contributed by atoms with van der Waals surface area (Å²) < 4.78 is 5.19. The first-order chi connectivity index (χ1) is 7.16. The molecule has 0 aliphatic heterocycles. The Bertz CT molecular complexity index is 354. The molecular weight excluding hydrogens is 194 g/mol. The molecule has 2 rings (SSSR count). The fraction of sp³-hybridized carbons (Fsp3) is 0.545. The van der Waals surface area contributed by atoms with Crippen molar-refractivity contribution in [2.75, 3.05) is 7.05 Å². The van der Waals surface area contributed by atoms with Crippen molar-refractivity contribution in [3.8, 4) is 0 Å². The van der Waals surface area contributed by atoms with Gasteiger partial charge < -0.3 is 9.52 Å². The van der Waals surface area contributed by atoms with Crippen molar-refractivity contribution in [2.24, 2.45) is 0 Å². The van der Waals surface area contributed by atoms with Crippen LogP contribution in [-0.4, -0.2) is 29.1 Å². The first kappa shape index (κ1) is 10.2. The fourth-order valence-corrected chi connectivity index (χ4v) is 1.78. The number of hydrogen-bond acceptors (Lipinski definition) is 3. The number of aromatic carboxylic acids is 1. The van der Waals surface area contributed by atoms with Gasteiger partial charge in [0, 0.05) is 6.04 Å². The minimum atomic E-state index is -1.01. The number of carbonyl (C=O) groups is 1. The molecule has 1 aliphatic carbocycles. The van der Waals surface area contributed by atoms with Crippen LogP contribution < -0.4 is 0 Å². The van der Waals surface area contributed by atoms with E-state index in [2.05, 4.69) is 4.90 Å². The summed E-state index contributed by atoms with van der Waals surface area (Å²) in [4.78, 5) is 12.8.